The quantitative estimate of drug-likeness (QED) is 0.725. The van der Waals surface area contributed by atoms with E-state index >= 15 is 0 Å². The highest BCUT2D eigenvalue weighted by atomic mass is 32.2. The largest absolute Gasteiger partial charge is 0.343 e. The Morgan fingerprint density at radius 1 is 1.04 bits per heavy atom. The molecule has 1 amide bonds. The number of anilines is 1. The topological polar surface area (TPSA) is 74.8 Å². The summed E-state index contributed by atoms with van der Waals surface area (Å²) in [6.45, 7) is 3.08. The maximum Gasteiger partial charge on any atom is 0.232 e. The van der Waals surface area contributed by atoms with E-state index in [0.29, 0.717) is 11.3 Å². The number of rotatable bonds is 6. The van der Waals surface area contributed by atoms with Gasteiger partial charge in [0.25, 0.3) is 0 Å². The highest BCUT2D eigenvalue weighted by Crippen LogP contribution is 2.20. The molecule has 1 aliphatic rings. The fourth-order valence-electron chi connectivity index (χ4n) is 3.02. The molecule has 0 unspecified atom stereocenters. The van der Waals surface area contributed by atoms with Crippen molar-refractivity contribution in [3.8, 4) is 0 Å². The molecule has 0 bridgehead atoms. The number of ketones is 1. The van der Waals surface area contributed by atoms with Gasteiger partial charge in [0.2, 0.25) is 15.9 Å². The van der Waals surface area contributed by atoms with Gasteiger partial charge in [0.05, 0.1) is 11.9 Å². The number of benzene rings is 1. The molecule has 0 spiro atoms. The zero-order valence-electron chi connectivity index (χ0n) is 14.9. The van der Waals surface area contributed by atoms with Gasteiger partial charge in [-0.25, -0.2) is 8.42 Å². The molecule has 1 heterocycles. The van der Waals surface area contributed by atoms with Gasteiger partial charge in [0, 0.05) is 31.6 Å². The number of likely N-dealkylation sites (tertiary alicyclic amines) is 1. The Morgan fingerprint density at radius 2 is 1.60 bits per heavy atom. The van der Waals surface area contributed by atoms with E-state index in [2.05, 4.69) is 0 Å². The van der Waals surface area contributed by atoms with Gasteiger partial charge in [-0.15, -0.1) is 0 Å². The molecule has 25 heavy (non-hydrogen) atoms. The second-order valence-electron chi connectivity index (χ2n) is 6.48. The van der Waals surface area contributed by atoms with Crippen molar-refractivity contribution in [1.29, 1.82) is 0 Å². The average Bonchev–Trinajstić information content (AvgIpc) is 2.83. The molecule has 7 heteroatoms. The molecule has 1 aromatic rings. The second kappa shape index (κ2) is 8.47. The molecule has 1 aliphatic heterocycles. The number of amides is 1. The molecular weight excluding hydrogens is 340 g/mol. The lowest BCUT2D eigenvalue weighted by molar-refractivity contribution is -0.130. The molecule has 0 atom stereocenters. The number of hydrogen-bond acceptors (Lipinski definition) is 4. The molecule has 1 aromatic carbocycles. The maximum absolute atomic E-state index is 12.4. The van der Waals surface area contributed by atoms with Crippen LogP contribution in [0.15, 0.2) is 24.3 Å². The van der Waals surface area contributed by atoms with Crippen LogP contribution in [0.5, 0.6) is 0 Å². The first-order chi connectivity index (χ1) is 11.8. The van der Waals surface area contributed by atoms with Crippen molar-refractivity contribution in [3.05, 3.63) is 29.8 Å². The summed E-state index contributed by atoms with van der Waals surface area (Å²) >= 11 is 0. The van der Waals surface area contributed by atoms with Crippen molar-refractivity contribution in [1.82, 2.24) is 4.90 Å². The summed E-state index contributed by atoms with van der Waals surface area (Å²) in [6.07, 6.45) is 5.58. The molecule has 6 nitrogen and oxygen atoms in total. The van der Waals surface area contributed by atoms with Crippen molar-refractivity contribution in [2.45, 2.75) is 39.0 Å². The van der Waals surface area contributed by atoms with Crippen molar-refractivity contribution in [3.63, 3.8) is 0 Å². The molecule has 0 aromatic heterocycles. The van der Waals surface area contributed by atoms with E-state index in [4.69, 9.17) is 0 Å². The number of Topliss-reactive ketones (excluding diaryl/α,β-unsaturated/α-hetero) is 1. The molecular formula is C18H26N2O4S. The first kappa shape index (κ1) is 19.4. The van der Waals surface area contributed by atoms with E-state index in [-0.39, 0.29) is 24.7 Å². The van der Waals surface area contributed by atoms with E-state index in [0.717, 1.165) is 45.0 Å². The highest BCUT2D eigenvalue weighted by molar-refractivity contribution is 7.92. The second-order valence-corrected chi connectivity index (χ2v) is 8.39. The maximum atomic E-state index is 12.4. The van der Waals surface area contributed by atoms with Gasteiger partial charge in [0.15, 0.2) is 5.78 Å². The zero-order valence-corrected chi connectivity index (χ0v) is 15.7. The molecule has 0 radical (unpaired) electrons. The van der Waals surface area contributed by atoms with Crippen LogP contribution in [0.4, 0.5) is 5.69 Å². The van der Waals surface area contributed by atoms with Crippen molar-refractivity contribution in [2.75, 3.05) is 30.2 Å². The van der Waals surface area contributed by atoms with E-state index in [9.17, 15) is 18.0 Å². The highest BCUT2D eigenvalue weighted by Gasteiger charge is 2.21. The minimum atomic E-state index is -3.51. The Morgan fingerprint density at radius 3 is 2.08 bits per heavy atom. The van der Waals surface area contributed by atoms with Crippen LogP contribution in [0.2, 0.25) is 0 Å². The normalized spacial score (nSPS) is 15.5. The van der Waals surface area contributed by atoms with E-state index < -0.39 is 10.0 Å². The van der Waals surface area contributed by atoms with Crippen LogP contribution in [0, 0.1) is 0 Å². The van der Waals surface area contributed by atoms with Gasteiger partial charge >= 0.3 is 0 Å². The van der Waals surface area contributed by atoms with E-state index in [1.54, 1.807) is 24.3 Å². The Hall–Kier alpha value is -1.89. The van der Waals surface area contributed by atoms with Crippen LogP contribution in [-0.2, 0) is 14.8 Å². The van der Waals surface area contributed by atoms with Crippen LogP contribution >= 0.6 is 0 Å². The van der Waals surface area contributed by atoms with Gasteiger partial charge in [-0.2, -0.15) is 0 Å². The molecule has 1 fully saturated rings. The minimum absolute atomic E-state index is 0.00379. The SMILES string of the molecule is CC(=O)c1ccc(N(CCC(=O)N2CCCCCC2)S(C)(=O)=O)cc1. The Bertz CT molecular complexity index is 705. The lowest BCUT2D eigenvalue weighted by Gasteiger charge is -2.25. The van der Waals surface area contributed by atoms with Crippen LogP contribution < -0.4 is 4.31 Å². The monoisotopic (exact) mass is 366 g/mol. The number of hydrogen-bond donors (Lipinski definition) is 0. The van der Waals surface area contributed by atoms with Crippen molar-refractivity contribution >= 4 is 27.4 Å². The van der Waals surface area contributed by atoms with Crippen LogP contribution in [0.3, 0.4) is 0 Å². The third kappa shape index (κ3) is 5.56. The molecule has 0 N–H and O–H groups in total. The standard InChI is InChI=1S/C18H26N2O4S/c1-15(21)16-7-9-17(10-8-16)20(25(2,23)24)14-11-18(22)19-12-5-3-4-6-13-19/h7-10H,3-6,11-14H2,1-2H3. The number of carbonyl (C=O) groups excluding carboxylic acids is 2. The first-order valence-electron chi connectivity index (χ1n) is 8.65. The van der Waals surface area contributed by atoms with Gasteiger partial charge < -0.3 is 4.90 Å². The molecule has 2 rings (SSSR count). The van der Waals surface area contributed by atoms with E-state index in [1.165, 1.54) is 11.2 Å². The van der Waals surface area contributed by atoms with Crippen LogP contribution in [0.1, 0.15) is 49.4 Å². The van der Waals surface area contributed by atoms with Crippen LogP contribution in [0.25, 0.3) is 0 Å². The molecule has 138 valence electrons. The molecule has 1 saturated heterocycles. The average molecular weight is 366 g/mol. The summed E-state index contributed by atoms with van der Waals surface area (Å²) in [6, 6.07) is 6.42. The van der Waals surface area contributed by atoms with Gasteiger partial charge in [-0.3, -0.25) is 13.9 Å². The summed E-state index contributed by atoms with van der Waals surface area (Å²) in [5.41, 5.74) is 0.994. The van der Waals surface area contributed by atoms with Crippen LogP contribution in [-0.4, -0.2) is 50.9 Å². The fraction of sp³-hybridized carbons (Fsp3) is 0.556. The summed E-state index contributed by atoms with van der Waals surface area (Å²) in [7, 11) is -3.51. The summed E-state index contributed by atoms with van der Waals surface area (Å²) in [4.78, 5) is 25.6. The molecule has 0 aliphatic carbocycles. The number of nitrogens with zero attached hydrogens (tertiary/aromatic N) is 2. The Labute approximate surface area is 149 Å². The summed E-state index contributed by atoms with van der Waals surface area (Å²) in [5.74, 6) is -0.0790. The lowest BCUT2D eigenvalue weighted by atomic mass is 10.1. The third-order valence-corrected chi connectivity index (χ3v) is 5.64. The van der Waals surface area contributed by atoms with Gasteiger partial charge in [-0.1, -0.05) is 12.8 Å². The van der Waals surface area contributed by atoms with Gasteiger partial charge in [-0.05, 0) is 44.0 Å². The predicted octanol–water partition coefficient (Wildman–Crippen LogP) is 2.45. The van der Waals surface area contributed by atoms with E-state index in [1.807, 2.05) is 4.90 Å². The number of carbonyl (C=O) groups is 2. The predicted molar refractivity (Wildman–Crippen MR) is 98.3 cm³/mol. The van der Waals surface area contributed by atoms with Crippen molar-refractivity contribution in [2.24, 2.45) is 0 Å². The van der Waals surface area contributed by atoms with Gasteiger partial charge in [0.1, 0.15) is 0 Å². The Balaban J connectivity index is 2.08. The lowest BCUT2D eigenvalue weighted by Crippen LogP contribution is -2.37. The smallest absolute Gasteiger partial charge is 0.232 e. The molecule has 0 saturated carbocycles. The fourth-order valence-corrected chi connectivity index (χ4v) is 3.95. The number of sulfonamides is 1. The first-order valence-corrected chi connectivity index (χ1v) is 10.5. The minimum Gasteiger partial charge on any atom is -0.343 e. The summed E-state index contributed by atoms with van der Waals surface area (Å²) in [5, 5.41) is 0. The third-order valence-electron chi connectivity index (χ3n) is 4.45. The Kier molecular flexibility index (Phi) is 6.58. The van der Waals surface area contributed by atoms with Crippen molar-refractivity contribution < 1.29 is 18.0 Å². The summed E-state index contributed by atoms with van der Waals surface area (Å²) < 4.78 is 25.5. The zero-order chi connectivity index (χ0) is 18.4.